The molecule has 0 bridgehead atoms. The molecule has 0 atom stereocenters. The summed E-state index contributed by atoms with van der Waals surface area (Å²) in [6.45, 7) is 7.41. The Morgan fingerprint density at radius 3 is 2.36 bits per heavy atom. The first kappa shape index (κ1) is 19.0. The number of amides is 2. The van der Waals surface area contributed by atoms with Crippen molar-refractivity contribution in [2.45, 2.75) is 34.2 Å². The molecule has 0 saturated heterocycles. The van der Waals surface area contributed by atoms with Crippen LogP contribution in [0.4, 0.5) is 5.69 Å². The van der Waals surface area contributed by atoms with Crippen LogP contribution in [0.5, 0.6) is 0 Å². The van der Waals surface area contributed by atoms with Crippen molar-refractivity contribution in [3.05, 3.63) is 64.2 Å². The van der Waals surface area contributed by atoms with Gasteiger partial charge in [-0.3, -0.25) is 9.59 Å². The number of hydrogen-bond donors (Lipinski definition) is 2. The van der Waals surface area contributed by atoms with Crippen LogP contribution in [0.15, 0.2) is 42.5 Å². The van der Waals surface area contributed by atoms with Crippen LogP contribution in [-0.4, -0.2) is 11.8 Å². The second-order valence-electron chi connectivity index (χ2n) is 6.60. The molecule has 2 aromatic carbocycles. The van der Waals surface area contributed by atoms with Gasteiger partial charge in [0.2, 0.25) is 11.8 Å². The molecular weight excluding hydrogens is 336 g/mol. The molecule has 0 aliphatic rings. The number of nitrogens with one attached hydrogen (secondary N) is 2. The molecule has 2 N–H and O–H groups in total. The van der Waals surface area contributed by atoms with Gasteiger partial charge in [0.1, 0.15) is 5.41 Å². The molecule has 2 rings (SSSR count). The van der Waals surface area contributed by atoms with E-state index in [0.29, 0.717) is 5.02 Å². The predicted octanol–water partition coefficient (Wildman–Crippen LogP) is 4.24. The molecule has 2 aromatic rings. The highest BCUT2D eigenvalue weighted by molar-refractivity contribution is 6.31. The highest BCUT2D eigenvalue weighted by Gasteiger charge is 2.36. The highest BCUT2D eigenvalue weighted by atomic mass is 35.5. The van der Waals surface area contributed by atoms with Crippen LogP contribution in [0.2, 0.25) is 5.02 Å². The molecule has 0 fully saturated rings. The number of benzene rings is 2. The lowest BCUT2D eigenvalue weighted by Gasteiger charge is -2.23. The average Bonchev–Trinajstić information content (AvgIpc) is 2.57. The second-order valence-corrected chi connectivity index (χ2v) is 7.01. The van der Waals surface area contributed by atoms with E-state index < -0.39 is 5.41 Å². The summed E-state index contributed by atoms with van der Waals surface area (Å²) in [5.74, 6) is -0.701. The summed E-state index contributed by atoms with van der Waals surface area (Å²) in [4.78, 5) is 25.1. The molecule has 0 saturated carbocycles. The number of anilines is 1. The maximum absolute atomic E-state index is 12.6. The highest BCUT2D eigenvalue weighted by Crippen LogP contribution is 2.23. The predicted molar refractivity (Wildman–Crippen MR) is 102 cm³/mol. The van der Waals surface area contributed by atoms with Gasteiger partial charge in [0.05, 0.1) is 0 Å². The number of carbonyl (C=O) groups excluding carboxylic acids is 2. The lowest BCUT2D eigenvalue weighted by molar-refractivity contribution is -0.138. The normalized spacial score (nSPS) is 11.1. The molecule has 5 heteroatoms. The molecule has 132 valence electrons. The molecule has 0 aliphatic carbocycles. The van der Waals surface area contributed by atoms with Crippen molar-refractivity contribution in [1.82, 2.24) is 5.32 Å². The van der Waals surface area contributed by atoms with Crippen molar-refractivity contribution >= 4 is 29.1 Å². The van der Waals surface area contributed by atoms with Gasteiger partial charge in [-0.15, -0.1) is 0 Å². The maximum Gasteiger partial charge on any atom is 0.239 e. The van der Waals surface area contributed by atoms with E-state index in [2.05, 4.69) is 10.6 Å². The lowest BCUT2D eigenvalue weighted by atomic mass is 9.90. The Hall–Kier alpha value is -2.33. The Kier molecular flexibility index (Phi) is 5.85. The molecule has 4 nitrogen and oxygen atoms in total. The van der Waals surface area contributed by atoms with E-state index in [9.17, 15) is 9.59 Å². The topological polar surface area (TPSA) is 58.2 Å². The number of rotatable bonds is 5. The van der Waals surface area contributed by atoms with Gasteiger partial charge in [0.25, 0.3) is 0 Å². The Labute approximate surface area is 153 Å². The van der Waals surface area contributed by atoms with Gasteiger partial charge in [-0.05, 0) is 56.5 Å². The van der Waals surface area contributed by atoms with Crippen molar-refractivity contribution in [3.8, 4) is 0 Å². The molecular formula is C20H23ClN2O2. The SMILES string of the molecule is Cc1cccc(NC(=O)C(C)(C)C(=O)NCc2ccccc2Cl)c1C. The van der Waals surface area contributed by atoms with E-state index in [1.807, 2.05) is 50.2 Å². The van der Waals surface area contributed by atoms with E-state index in [-0.39, 0.29) is 18.4 Å². The Morgan fingerprint density at radius 1 is 1.00 bits per heavy atom. The van der Waals surface area contributed by atoms with Crippen molar-refractivity contribution < 1.29 is 9.59 Å². The van der Waals surface area contributed by atoms with Gasteiger partial charge >= 0.3 is 0 Å². The average molecular weight is 359 g/mol. The zero-order valence-corrected chi connectivity index (χ0v) is 15.7. The van der Waals surface area contributed by atoms with E-state index in [1.54, 1.807) is 19.9 Å². The van der Waals surface area contributed by atoms with Gasteiger partial charge in [-0.1, -0.05) is 41.9 Å². The molecule has 2 amide bonds. The van der Waals surface area contributed by atoms with E-state index in [4.69, 9.17) is 11.6 Å². The first-order valence-electron chi connectivity index (χ1n) is 8.13. The third-order valence-electron chi connectivity index (χ3n) is 4.39. The van der Waals surface area contributed by atoms with E-state index in [0.717, 1.165) is 22.4 Å². The summed E-state index contributed by atoms with van der Waals surface area (Å²) in [6, 6.07) is 13.0. The number of aryl methyl sites for hydroxylation is 1. The molecule has 0 spiro atoms. The fourth-order valence-corrected chi connectivity index (χ4v) is 2.51. The fourth-order valence-electron chi connectivity index (χ4n) is 2.31. The van der Waals surface area contributed by atoms with Crippen LogP contribution in [0, 0.1) is 19.3 Å². The van der Waals surface area contributed by atoms with Gasteiger partial charge in [-0.2, -0.15) is 0 Å². The van der Waals surface area contributed by atoms with Gasteiger partial charge in [-0.25, -0.2) is 0 Å². The van der Waals surface area contributed by atoms with Crippen LogP contribution in [0.3, 0.4) is 0 Å². The quantitative estimate of drug-likeness (QED) is 0.785. The van der Waals surface area contributed by atoms with Crippen LogP contribution in [-0.2, 0) is 16.1 Å². The zero-order valence-electron chi connectivity index (χ0n) is 14.9. The second kappa shape index (κ2) is 7.70. The minimum Gasteiger partial charge on any atom is -0.351 e. The van der Waals surface area contributed by atoms with E-state index in [1.165, 1.54) is 0 Å². The summed E-state index contributed by atoms with van der Waals surface area (Å²) in [7, 11) is 0. The Balaban J connectivity index is 2.06. The van der Waals surface area contributed by atoms with Crippen LogP contribution >= 0.6 is 11.6 Å². The Bertz CT molecular complexity index is 800. The van der Waals surface area contributed by atoms with Gasteiger partial charge in [0, 0.05) is 17.3 Å². The number of hydrogen-bond acceptors (Lipinski definition) is 2. The maximum atomic E-state index is 12.6. The Morgan fingerprint density at radius 2 is 1.68 bits per heavy atom. The monoisotopic (exact) mass is 358 g/mol. The number of halogens is 1. The molecule has 0 aromatic heterocycles. The smallest absolute Gasteiger partial charge is 0.239 e. The summed E-state index contributed by atoms with van der Waals surface area (Å²) < 4.78 is 0. The molecule has 0 radical (unpaired) electrons. The summed E-state index contributed by atoms with van der Waals surface area (Å²) in [6.07, 6.45) is 0. The molecule has 0 aliphatic heterocycles. The summed E-state index contributed by atoms with van der Waals surface area (Å²) in [5, 5.41) is 6.23. The zero-order chi connectivity index (χ0) is 18.6. The van der Waals surface area contributed by atoms with E-state index >= 15 is 0 Å². The van der Waals surface area contributed by atoms with Crippen LogP contribution in [0.25, 0.3) is 0 Å². The first-order valence-corrected chi connectivity index (χ1v) is 8.50. The summed E-state index contributed by atoms with van der Waals surface area (Å²) in [5.41, 5.74) is 2.39. The standard InChI is InChI=1S/C20H23ClN2O2/c1-13-8-7-11-17(14(13)2)23-19(25)20(3,4)18(24)22-12-15-9-5-6-10-16(15)21/h5-11H,12H2,1-4H3,(H,22,24)(H,23,25). The van der Waals surface area contributed by atoms with Gasteiger partial charge in [0.15, 0.2) is 0 Å². The minimum absolute atomic E-state index is 0.276. The molecule has 0 heterocycles. The lowest BCUT2D eigenvalue weighted by Crippen LogP contribution is -2.45. The first-order chi connectivity index (χ1) is 11.7. The molecule has 25 heavy (non-hydrogen) atoms. The van der Waals surface area contributed by atoms with Crippen molar-refractivity contribution in [1.29, 1.82) is 0 Å². The summed E-state index contributed by atoms with van der Waals surface area (Å²) >= 11 is 6.09. The van der Waals surface area contributed by atoms with Crippen molar-refractivity contribution in [2.75, 3.05) is 5.32 Å². The van der Waals surface area contributed by atoms with Crippen molar-refractivity contribution in [3.63, 3.8) is 0 Å². The third-order valence-corrected chi connectivity index (χ3v) is 4.75. The largest absolute Gasteiger partial charge is 0.351 e. The fraction of sp³-hybridized carbons (Fsp3) is 0.300. The number of carbonyl (C=O) groups is 2. The van der Waals surface area contributed by atoms with Crippen molar-refractivity contribution in [2.24, 2.45) is 5.41 Å². The minimum atomic E-state index is -1.21. The van der Waals surface area contributed by atoms with Crippen LogP contribution in [0.1, 0.15) is 30.5 Å². The third kappa shape index (κ3) is 4.40. The van der Waals surface area contributed by atoms with Crippen LogP contribution < -0.4 is 10.6 Å². The van der Waals surface area contributed by atoms with Gasteiger partial charge < -0.3 is 10.6 Å². The molecule has 0 unspecified atom stereocenters.